The van der Waals surface area contributed by atoms with E-state index in [1.165, 1.54) is 25.3 Å². The molecule has 30 heavy (non-hydrogen) atoms. The van der Waals surface area contributed by atoms with Gasteiger partial charge in [-0.25, -0.2) is 9.18 Å². The number of carbonyl (C=O) groups excluding carboxylic acids is 1. The number of amides is 2. The van der Waals surface area contributed by atoms with Crippen LogP contribution in [0.3, 0.4) is 0 Å². The van der Waals surface area contributed by atoms with Crippen LogP contribution in [0.25, 0.3) is 0 Å². The topological polar surface area (TPSA) is 44.8 Å². The Hall–Kier alpha value is -2.81. The molecule has 1 aliphatic rings. The number of nitrogens with one attached hydrogen (secondary N) is 1. The Labute approximate surface area is 172 Å². The zero-order valence-corrected chi connectivity index (χ0v) is 16.5. The van der Waals surface area contributed by atoms with Gasteiger partial charge in [-0.3, -0.25) is 4.90 Å². The van der Waals surface area contributed by atoms with Crippen molar-refractivity contribution in [3.8, 4) is 5.75 Å². The molecule has 2 aromatic carbocycles. The highest BCUT2D eigenvalue weighted by molar-refractivity contribution is 5.74. The molecule has 1 saturated heterocycles. The molecule has 0 unspecified atom stereocenters. The molecule has 0 aliphatic carbocycles. The Morgan fingerprint density at radius 1 is 1.10 bits per heavy atom. The number of hydrogen-bond donors (Lipinski definition) is 1. The molecule has 0 saturated carbocycles. The van der Waals surface area contributed by atoms with Crippen LogP contribution in [0.4, 0.5) is 22.4 Å². The van der Waals surface area contributed by atoms with Gasteiger partial charge >= 0.3 is 12.2 Å². The molecule has 1 heterocycles. The van der Waals surface area contributed by atoms with Crippen molar-refractivity contribution in [2.45, 2.75) is 19.3 Å². The Morgan fingerprint density at radius 2 is 1.83 bits per heavy atom. The van der Waals surface area contributed by atoms with Gasteiger partial charge in [-0.2, -0.15) is 13.2 Å². The summed E-state index contributed by atoms with van der Waals surface area (Å²) in [5.74, 6) is 0.274. The number of ether oxygens (including phenoxy) is 1. The molecule has 2 aromatic rings. The van der Waals surface area contributed by atoms with Gasteiger partial charge in [0.15, 0.2) is 0 Å². The molecule has 0 spiro atoms. The van der Waals surface area contributed by atoms with Crippen LogP contribution in [0.5, 0.6) is 5.75 Å². The third kappa shape index (κ3) is 5.63. The lowest BCUT2D eigenvalue weighted by Crippen LogP contribution is -2.51. The third-order valence-electron chi connectivity index (χ3n) is 4.99. The van der Waals surface area contributed by atoms with Crippen molar-refractivity contribution in [3.63, 3.8) is 0 Å². The predicted octanol–water partition coefficient (Wildman–Crippen LogP) is 3.88. The average molecular weight is 425 g/mol. The summed E-state index contributed by atoms with van der Waals surface area (Å²) in [4.78, 5) is 16.1. The van der Waals surface area contributed by atoms with Crippen LogP contribution in [-0.4, -0.2) is 49.1 Å². The largest absolute Gasteiger partial charge is 0.496 e. The van der Waals surface area contributed by atoms with Crippen LogP contribution in [0.15, 0.2) is 42.5 Å². The SMILES string of the molecule is COc1ccc(F)cc1CN1CCN(C(=O)NCc2cccc(C(F)(F)F)c2)CC1. The summed E-state index contributed by atoms with van der Waals surface area (Å²) in [5.41, 5.74) is 0.380. The Kier molecular flexibility index (Phi) is 6.81. The molecule has 1 aliphatic heterocycles. The second-order valence-corrected chi connectivity index (χ2v) is 7.08. The van der Waals surface area contributed by atoms with Gasteiger partial charge < -0.3 is 15.0 Å². The number of urea groups is 1. The molecule has 9 heteroatoms. The first-order valence-electron chi connectivity index (χ1n) is 9.50. The molecule has 0 bridgehead atoms. The highest BCUT2D eigenvalue weighted by Crippen LogP contribution is 2.29. The van der Waals surface area contributed by atoms with E-state index in [2.05, 4.69) is 10.2 Å². The van der Waals surface area contributed by atoms with Crippen molar-refractivity contribution < 1.29 is 27.1 Å². The van der Waals surface area contributed by atoms with Gasteiger partial charge in [0.1, 0.15) is 11.6 Å². The van der Waals surface area contributed by atoms with Crippen molar-refractivity contribution in [2.24, 2.45) is 0 Å². The Balaban J connectivity index is 1.49. The van der Waals surface area contributed by atoms with Gasteiger partial charge in [0, 0.05) is 44.8 Å². The van der Waals surface area contributed by atoms with Crippen LogP contribution in [0.1, 0.15) is 16.7 Å². The molecular formula is C21H23F4N3O2. The molecule has 1 N–H and O–H groups in total. The summed E-state index contributed by atoms with van der Waals surface area (Å²) in [6.07, 6.45) is -4.42. The molecule has 162 valence electrons. The lowest BCUT2D eigenvalue weighted by molar-refractivity contribution is -0.137. The second kappa shape index (κ2) is 9.34. The number of benzene rings is 2. The summed E-state index contributed by atoms with van der Waals surface area (Å²) in [6.45, 7) is 2.63. The van der Waals surface area contributed by atoms with Crippen LogP contribution in [0, 0.1) is 5.82 Å². The fraction of sp³-hybridized carbons (Fsp3) is 0.381. The van der Waals surface area contributed by atoms with E-state index in [0.717, 1.165) is 17.7 Å². The predicted molar refractivity (Wildman–Crippen MR) is 103 cm³/mol. The van der Waals surface area contributed by atoms with E-state index in [4.69, 9.17) is 4.74 Å². The fourth-order valence-electron chi connectivity index (χ4n) is 3.37. The first-order valence-corrected chi connectivity index (χ1v) is 9.50. The molecule has 0 aromatic heterocycles. The quantitative estimate of drug-likeness (QED) is 0.740. The number of hydrogen-bond acceptors (Lipinski definition) is 3. The summed E-state index contributed by atoms with van der Waals surface area (Å²) < 4.78 is 57.2. The standard InChI is InChI=1S/C21H23F4N3O2/c1-30-19-6-5-18(22)12-16(19)14-27-7-9-28(10-8-27)20(29)26-13-15-3-2-4-17(11-15)21(23,24)25/h2-6,11-12H,7-10,13-14H2,1H3,(H,26,29). The number of piperazine rings is 1. The van der Waals surface area contributed by atoms with Crippen molar-refractivity contribution in [2.75, 3.05) is 33.3 Å². The van der Waals surface area contributed by atoms with Gasteiger partial charge in [-0.05, 0) is 35.9 Å². The highest BCUT2D eigenvalue weighted by atomic mass is 19.4. The minimum atomic E-state index is -4.42. The summed E-state index contributed by atoms with van der Waals surface area (Å²) in [6, 6.07) is 8.94. The van der Waals surface area contributed by atoms with Gasteiger partial charge in [0.25, 0.3) is 0 Å². The first-order chi connectivity index (χ1) is 14.3. The van der Waals surface area contributed by atoms with E-state index in [1.807, 2.05) is 0 Å². The van der Waals surface area contributed by atoms with Crippen LogP contribution >= 0.6 is 0 Å². The first kappa shape index (κ1) is 21.9. The number of rotatable bonds is 5. The minimum absolute atomic E-state index is 0.0173. The van der Waals surface area contributed by atoms with E-state index < -0.39 is 11.7 Å². The molecule has 0 radical (unpaired) electrons. The maximum atomic E-state index is 13.5. The van der Waals surface area contributed by atoms with E-state index in [-0.39, 0.29) is 18.4 Å². The molecule has 5 nitrogen and oxygen atoms in total. The van der Waals surface area contributed by atoms with Gasteiger partial charge in [0.2, 0.25) is 0 Å². The molecule has 1 fully saturated rings. The number of halogens is 4. The Morgan fingerprint density at radius 3 is 2.50 bits per heavy atom. The summed E-state index contributed by atoms with van der Waals surface area (Å²) in [5, 5.41) is 2.67. The molecular weight excluding hydrogens is 402 g/mol. The number of nitrogens with zero attached hydrogens (tertiary/aromatic N) is 2. The zero-order valence-electron chi connectivity index (χ0n) is 16.5. The zero-order chi connectivity index (χ0) is 21.7. The van der Waals surface area contributed by atoms with Gasteiger partial charge in [-0.15, -0.1) is 0 Å². The normalized spacial score (nSPS) is 15.2. The van der Waals surface area contributed by atoms with E-state index in [9.17, 15) is 22.4 Å². The smallest absolute Gasteiger partial charge is 0.416 e. The number of carbonyl (C=O) groups is 1. The minimum Gasteiger partial charge on any atom is -0.496 e. The Bertz CT molecular complexity index is 881. The maximum absolute atomic E-state index is 13.5. The van der Waals surface area contributed by atoms with Crippen molar-refractivity contribution in [1.29, 1.82) is 0 Å². The number of alkyl halides is 3. The van der Waals surface area contributed by atoms with E-state index >= 15 is 0 Å². The third-order valence-corrected chi connectivity index (χ3v) is 4.99. The summed E-state index contributed by atoms with van der Waals surface area (Å²) in [7, 11) is 1.53. The van der Waals surface area contributed by atoms with Crippen LogP contribution in [0.2, 0.25) is 0 Å². The maximum Gasteiger partial charge on any atom is 0.416 e. The van der Waals surface area contributed by atoms with Crippen LogP contribution < -0.4 is 10.1 Å². The highest BCUT2D eigenvalue weighted by Gasteiger charge is 2.30. The monoisotopic (exact) mass is 425 g/mol. The number of methoxy groups -OCH3 is 1. The molecule has 2 amide bonds. The van der Waals surface area contributed by atoms with E-state index in [1.54, 1.807) is 17.0 Å². The fourth-order valence-corrected chi connectivity index (χ4v) is 3.37. The van der Waals surface area contributed by atoms with Crippen molar-refractivity contribution in [3.05, 3.63) is 65.0 Å². The van der Waals surface area contributed by atoms with Crippen molar-refractivity contribution in [1.82, 2.24) is 15.1 Å². The van der Waals surface area contributed by atoms with Crippen molar-refractivity contribution >= 4 is 6.03 Å². The molecule has 3 rings (SSSR count). The lowest BCUT2D eigenvalue weighted by atomic mass is 10.1. The van der Waals surface area contributed by atoms with Gasteiger partial charge in [-0.1, -0.05) is 12.1 Å². The van der Waals surface area contributed by atoms with Gasteiger partial charge in [0.05, 0.1) is 12.7 Å². The average Bonchev–Trinajstić information content (AvgIpc) is 2.72. The van der Waals surface area contributed by atoms with E-state index in [0.29, 0.717) is 44.0 Å². The second-order valence-electron chi connectivity index (χ2n) is 7.08. The lowest BCUT2D eigenvalue weighted by Gasteiger charge is -2.35. The van der Waals surface area contributed by atoms with Crippen LogP contribution in [-0.2, 0) is 19.3 Å². The molecule has 0 atom stereocenters. The summed E-state index contributed by atoms with van der Waals surface area (Å²) >= 11 is 0.